The lowest BCUT2D eigenvalue weighted by Gasteiger charge is -2.22. The predicted octanol–water partition coefficient (Wildman–Crippen LogP) is 3.40. The van der Waals surface area contributed by atoms with Crippen molar-refractivity contribution >= 4 is 5.90 Å². The third kappa shape index (κ3) is 2.97. The molecule has 0 bridgehead atoms. The maximum Gasteiger partial charge on any atom is 0.195 e. The summed E-state index contributed by atoms with van der Waals surface area (Å²) < 4.78 is 5.87. The SMILES string of the molecule is CC(C)(C1=N[C@@H](Cc2ccccc2)CO1)c1ccccn1. The van der Waals surface area contributed by atoms with E-state index in [2.05, 4.69) is 43.1 Å². The molecular formula is C18H20N2O. The van der Waals surface area contributed by atoms with E-state index in [0.29, 0.717) is 6.61 Å². The van der Waals surface area contributed by atoms with Gasteiger partial charge in [-0.15, -0.1) is 0 Å². The summed E-state index contributed by atoms with van der Waals surface area (Å²) in [4.78, 5) is 9.23. The van der Waals surface area contributed by atoms with Crippen LogP contribution in [0, 0.1) is 0 Å². The third-order valence-electron chi connectivity index (χ3n) is 3.87. The Morgan fingerprint density at radius 1 is 1.10 bits per heavy atom. The van der Waals surface area contributed by atoms with Gasteiger partial charge in [-0.3, -0.25) is 4.98 Å². The van der Waals surface area contributed by atoms with E-state index >= 15 is 0 Å². The van der Waals surface area contributed by atoms with Gasteiger partial charge in [0.2, 0.25) is 0 Å². The van der Waals surface area contributed by atoms with Crippen LogP contribution < -0.4 is 0 Å². The van der Waals surface area contributed by atoms with Crippen molar-refractivity contribution in [1.82, 2.24) is 4.98 Å². The Labute approximate surface area is 125 Å². The van der Waals surface area contributed by atoms with Gasteiger partial charge in [0.25, 0.3) is 0 Å². The van der Waals surface area contributed by atoms with E-state index in [1.807, 2.05) is 30.5 Å². The molecule has 2 aromatic rings. The smallest absolute Gasteiger partial charge is 0.195 e. The maximum absolute atomic E-state index is 5.87. The van der Waals surface area contributed by atoms with Gasteiger partial charge in [-0.2, -0.15) is 0 Å². The predicted molar refractivity (Wildman–Crippen MR) is 84.6 cm³/mol. The van der Waals surface area contributed by atoms with Gasteiger partial charge in [0, 0.05) is 6.20 Å². The minimum atomic E-state index is -0.285. The molecule has 1 aromatic heterocycles. The number of rotatable bonds is 4. The Bertz CT molecular complexity index is 620. The standard InChI is InChI=1S/C18H20N2O/c1-18(2,16-10-6-7-11-19-16)17-20-15(13-21-17)12-14-8-4-3-5-9-14/h3-11,15H,12-13H2,1-2H3/t15-/m0/s1. The Morgan fingerprint density at radius 3 is 2.57 bits per heavy atom. The second-order valence-corrected chi connectivity index (χ2v) is 5.93. The Hall–Kier alpha value is -2.16. The van der Waals surface area contributed by atoms with Gasteiger partial charge in [0.05, 0.1) is 17.2 Å². The third-order valence-corrected chi connectivity index (χ3v) is 3.87. The lowest BCUT2D eigenvalue weighted by Crippen LogP contribution is -2.30. The highest BCUT2D eigenvalue weighted by molar-refractivity contribution is 5.88. The Kier molecular flexibility index (Phi) is 3.74. The number of benzene rings is 1. The molecule has 0 saturated heterocycles. The van der Waals surface area contributed by atoms with Gasteiger partial charge in [0.1, 0.15) is 6.61 Å². The Balaban J connectivity index is 1.76. The first-order valence-corrected chi connectivity index (χ1v) is 7.33. The number of ether oxygens (including phenoxy) is 1. The van der Waals surface area contributed by atoms with Gasteiger partial charge in [-0.05, 0) is 38.0 Å². The molecule has 0 N–H and O–H groups in total. The van der Waals surface area contributed by atoms with Crippen LogP contribution in [0.15, 0.2) is 59.7 Å². The van der Waals surface area contributed by atoms with Crippen LogP contribution >= 0.6 is 0 Å². The molecule has 2 heterocycles. The normalized spacial score (nSPS) is 18.2. The number of aliphatic imine (C=N–C) groups is 1. The number of hydrogen-bond acceptors (Lipinski definition) is 3. The summed E-state index contributed by atoms with van der Waals surface area (Å²) in [6, 6.07) is 16.6. The van der Waals surface area contributed by atoms with Gasteiger partial charge in [0.15, 0.2) is 5.90 Å². The van der Waals surface area contributed by atoms with Gasteiger partial charge >= 0.3 is 0 Å². The molecule has 3 rings (SSSR count). The monoisotopic (exact) mass is 280 g/mol. The molecule has 1 atom stereocenters. The molecule has 0 aliphatic carbocycles. The summed E-state index contributed by atoms with van der Waals surface area (Å²) in [5.74, 6) is 0.794. The van der Waals surface area contributed by atoms with Crippen LogP contribution in [-0.2, 0) is 16.6 Å². The van der Waals surface area contributed by atoms with Crippen molar-refractivity contribution in [3.05, 3.63) is 66.0 Å². The van der Waals surface area contributed by atoms with E-state index < -0.39 is 0 Å². The van der Waals surface area contributed by atoms with Crippen LogP contribution in [0.3, 0.4) is 0 Å². The van der Waals surface area contributed by atoms with Crippen molar-refractivity contribution < 1.29 is 4.74 Å². The molecule has 0 amide bonds. The highest BCUT2D eigenvalue weighted by Crippen LogP contribution is 2.27. The fraction of sp³-hybridized carbons (Fsp3) is 0.333. The van der Waals surface area contributed by atoms with Gasteiger partial charge in [-0.1, -0.05) is 36.4 Å². The quantitative estimate of drug-likeness (QED) is 0.860. The molecule has 0 spiro atoms. The summed E-state index contributed by atoms with van der Waals surface area (Å²) >= 11 is 0. The maximum atomic E-state index is 5.87. The van der Waals surface area contributed by atoms with E-state index in [1.54, 1.807) is 0 Å². The van der Waals surface area contributed by atoms with E-state index in [-0.39, 0.29) is 11.5 Å². The molecule has 0 fully saturated rings. The van der Waals surface area contributed by atoms with Crippen LogP contribution in [0.25, 0.3) is 0 Å². The number of hydrogen-bond donors (Lipinski definition) is 0. The number of aromatic nitrogens is 1. The summed E-state index contributed by atoms with van der Waals surface area (Å²) in [6.45, 7) is 4.87. The summed E-state index contributed by atoms with van der Waals surface area (Å²) in [6.07, 6.45) is 2.73. The molecular weight excluding hydrogens is 260 g/mol. The Morgan fingerprint density at radius 2 is 1.86 bits per heavy atom. The van der Waals surface area contributed by atoms with Crippen molar-refractivity contribution in [3.63, 3.8) is 0 Å². The first kappa shape index (κ1) is 13.8. The molecule has 0 radical (unpaired) electrons. The molecule has 0 saturated carbocycles. The fourth-order valence-corrected chi connectivity index (χ4v) is 2.59. The number of nitrogens with zero attached hydrogens (tertiary/aromatic N) is 2. The van der Waals surface area contributed by atoms with Crippen molar-refractivity contribution in [1.29, 1.82) is 0 Å². The van der Waals surface area contributed by atoms with Crippen LogP contribution in [0.5, 0.6) is 0 Å². The average molecular weight is 280 g/mol. The second kappa shape index (κ2) is 5.68. The summed E-state index contributed by atoms with van der Waals surface area (Å²) in [7, 11) is 0. The minimum Gasteiger partial charge on any atom is -0.478 e. The fourth-order valence-electron chi connectivity index (χ4n) is 2.59. The van der Waals surface area contributed by atoms with Crippen molar-refractivity contribution in [2.45, 2.75) is 31.7 Å². The minimum absolute atomic E-state index is 0.199. The zero-order valence-electron chi connectivity index (χ0n) is 12.5. The highest BCUT2D eigenvalue weighted by atomic mass is 16.5. The summed E-state index contributed by atoms with van der Waals surface area (Å²) in [5, 5.41) is 0. The van der Waals surface area contributed by atoms with Crippen LogP contribution in [0.4, 0.5) is 0 Å². The summed E-state index contributed by atoms with van der Waals surface area (Å²) in [5.41, 5.74) is 2.00. The zero-order valence-corrected chi connectivity index (χ0v) is 12.5. The van der Waals surface area contributed by atoms with Crippen molar-refractivity contribution in [3.8, 4) is 0 Å². The molecule has 3 nitrogen and oxygen atoms in total. The van der Waals surface area contributed by atoms with E-state index in [0.717, 1.165) is 18.0 Å². The van der Waals surface area contributed by atoms with E-state index in [9.17, 15) is 0 Å². The van der Waals surface area contributed by atoms with E-state index in [1.165, 1.54) is 5.56 Å². The molecule has 1 aliphatic rings. The first-order chi connectivity index (χ1) is 10.2. The van der Waals surface area contributed by atoms with Gasteiger partial charge < -0.3 is 4.74 Å². The largest absolute Gasteiger partial charge is 0.478 e. The lowest BCUT2D eigenvalue weighted by molar-refractivity contribution is 0.293. The molecule has 21 heavy (non-hydrogen) atoms. The second-order valence-electron chi connectivity index (χ2n) is 5.93. The van der Waals surface area contributed by atoms with Crippen LogP contribution in [-0.4, -0.2) is 23.5 Å². The molecule has 1 aliphatic heterocycles. The lowest BCUT2D eigenvalue weighted by atomic mass is 9.88. The van der Waals surface area contributed by atoms with Crippen molar-refractivity contribution in [2.24, 2.45) is 4.99 Å². The topological polar surface area (TPSA) is 34.5 Å². The first-order valence-electron chi connectivity index (χ1n) is 7.33. The average Bonchev–Trinajstić information content (AvgIpc) is 2.98. The highest BCUT2D eigenvalue weighted by Gasteiger charge is 2.34. The van der Waals surface area contributed by atoms with Crippen molar-refractivity contribution in [2.75, 3.05) is 6.61 Å². The van der Waals surface area contributed by atoms with Crippen LogP contribution in [0.2, 0.25) is 0 Å². The van der Waals surface area contributed by atoms with Crippen LogP contribution in [0.1, 0.15) is 25.1 Å². The van der Waals surface area contributed by atoms with E-state index in [4.69, 9.17) is 9.73 Å². The molecule has 0 unspecified atom stereocenters. The van der Waals surface area contributed by atoms with Gasteiger partial charge in [-0.25, -0.2) is 4.99 Å². The molecule has 108 valence electrons. The molecule has 3 heteroatoms. The molecule has 1 aromatic carbocycles. The zero-order chi connectivity index (χ0) is 14.7. The number of pyridine rings is 1.